The number of aromatic amines is 1. The van der Waals surface area contributed by atoms with Gasteiger partial charge in [-0.05, 0) is 19.4 Å². The molecule has 0 spiro atoms. The molecule has 18 heavy (non-hydrogen) atoms. The Hall–Kier alpha value is -2.31. The number of nitrogens with zero attached hydrogens (tertiary/aromatic N) is 5. The van der Waals surface area contributed by atoms with Crippen LogP contribution >= 0.6 is 0 Å². The van der Waals surface area contributed by atoms with Crippen LogP contribution in [0.1, 0.15) is 20.3 Å². The predicted molar refractivity (Wildman–Crippen MR) is 63.9 cm³/mol. The Kier molecular flexibility index (Phi) is 2.32. The highest BCUT2D eigenvalue weighted by Gasteiger charge is 2.34. The number of nitrogens with one attached hydrogen (secondary N) is 1. The van der Waals surface area contributed by atoms with Gasteiger partial charge in [0.05, 0.1) is 5.92 Å². The minimum absolute atomic E-state index is 0.0223. The number of aromatic nitrogens is 4. The summed E-state index contributed by atoms with van der Waals surface area (Å²) in [6, 6.07) is 3.53. The minimum atomic E-state index is -0.128. The van der Waals surface area contributed by atoms with Gasteiger partial charge in [0.25, 0.3) is 5.91 Å². The molecule has 2 aromatic rings. The van der Waals surface area contributed by atoms with Crippen molar-refractivity contribution in [1.29, 1.82) is 0 Å². The van der Waals surface area contributed by atoms with Crippen molar-refractivity contribution in [2.45, 2.75) is 20.3 Å². The molecule has 1 atom stereocenters. The molecule has 92 valence electrons. The maximum Gasteiger partial charge on any atom is 0.325 e. The zero-order valence-electron chi connectivity index (χ0n) is 10.2. The van der Waals surface area contributed by atoms with E-state index in [-0.39, 0.29) is 11.8 Å². The lowest BCUT2D eigenvalue weighted by molar-refractivity contribution is -0.579. The zero-order chi connectivity index (χ0) is 12.7. The predicted octanol–water partition coefficient (Wildman–Crippen LogP) is 0.292. The summed E-state index contributed by atoms with van der Waals surface area (Å²) in [4.78, 5) is 12.2. The van der Waals surface area contributed by atoms with E-state index >= 15 is 0 Å². The maximum absolute atomic E-state index is 12.2. The van der Waals surface area contributed by atoms with E-state index in [4.69, 9.17) is 0 Å². The van der Waals surface area contributed by atoms with Crippen LogP contribution in [0.5, 0.6) is 0 Å². The highest BCUT2D eigenvalue weighted by atomic mass is 16.2. The number of hydrogen-bond donors (Lipinski definition) is 1. The lowest BCUT2D eigenvalue weighted by atomic mass is 10.0. The van der Waals surface area contributed by atoms with Crippen molar-refractivity contribution >= 4 is 23.1 Å². The summed E-state index contributed by atoms with van der Waals surface area (Å²) in [7, 11) is 0. The molecular weight excluding hydrogens is 232 g/mol. The molecule has 0 aliphatic carbocycles. The molecule has 0 bridgehead atoms. The number of anilines is 1. The molecule has 7 nitrogen and oxygen atoms in total. The first-order valence-corrected chi connectivity index (χ1v) is 5.82. The first kappa shape index (κ1) is 10.8. The van der Waals surface area contributed by atoms with Gasteiger partial charge in [-0.2, -0.15) is 10.1 Å². The van der Waals surface area contributed by atoms with Crippen LogP contribution in [0.25, 0.3) is 5.65 Å². The van der Waals surface area contributed by atoms with Crippen LogP contribution in [0, 0.1) is 5.92 Å². The average molecular weight is 245 g/mol. The standard InChI is InChI=1S/C11H12N6O/c1-3-8-7(2)14-17(11(8)18)10-5-4-9-13-12-6-16(9)15-10/h4-6,8H,3H2,1-2H3/p+1. The molecule has 1 unspecified atom stereocenters. The van der Waals surface area contributed by atoms with Gasteiger partial charge < -0.3 is 0 Å². The number of amides is 1. The average Bonchev–Trinajstić information content (AvgIpc) is 2.93. The van der Waals surface area contributed by atoms with E-state index in [9.17, 15) is 4.79 Å². The molecule has 3 rings (SSSR count). The molecule has 7 heteroatoms. The van der Waals surface area contributed by atoms with Crippen molar-refractivity contribution in [2.24, 2.45) is 11.0 Å². The fourth-order valence-electron chi connectivity index (χ4n) is 2.10. The summed E-state index contributed by atoms with van der Waals surface area (Å²) >= 11 is 0. The molecule has 0 fully saturated rings. The van der Waals surface area contributed by atoms with Crippen LogP contribution in [-0.2, 0) is 4.79 Å². The highest BCUT2D eigenvalue weighted by Crippen LogP contribution is 2.23. The summed E-state index contributed by atoms with van der Waals surface area (Å²) in [6.45, 7) is 3.85. The minimum Gasteiger partial charge on any atom is -0.272 e. The third-order valence-electron chi connectivity index (χ3n) is 3.08. The molecule has 1 aliphatic rings. The molecule has 0 saturated carbocycles. The van der Waals surface area contributed by atoms with Gasteiger partial charge in [-0.25, -0.2) is 0 Å². The Morgan fingerprint density at radius 2 is 2.33 bits per heavy atom. The Bertz CT molecular complexity index is 646. The van der Waals surface area contributed by atoms with E-state index in [0.29, 0.717) is 11.5 Å². The number of hydrazone groups is 1. The van der Waals surface area contributed by atoms with Crippen LogP contribution in [0.15, 0.2) is 23.6 Å². The summed E-state index contributed by atoms with van der Waals surface area (Å²) in [5.41, 5.74) is 1.53. The van der Waals surface area contributed by atoms with Crippen molar-refractivity contribution in [1.82, 2.24) is 15.3 Å². The van der Waals surface area contributed by atoms with Gasteiger partial charge in [0.1, 0.15) is 0 Å². The molecule has 1 amide bonds. The topological polar surface area (TPSA) is 78.3 Å². The zero-order valence-corrected chi connectivity index (χ0v) is 10.2. The summed E-state index contributed by atoms with van der Waals surface area (Å²) in [6.07, 6.45) is 2.37. The summed E-state index contributed by atoms with van der Waals surface area (Å²) < 4.78 is 1.58. The Morgan fingerprint density at radius 3 is 3.06 bits per heavy atom. The second kappa shape index (κ2) is 3.86. The lowest BCUT2D eigenvalue weighted by Crippen LogP contribution is -2.32. The molecule has 1 aliphatic heterocycles. The molecule has 0 radical (unpaired) electrons. The van der Waals surface area contributed by atoms with Gasteiger partial charge in [0.15, 0.2) is 5.82 Å². The van der Waals surface area contributed by atoms with E-state index in [1.807, 2.05) is 13.8 Å². The largest absolute Gasteiger partial charge is 0.325 e. The highest BCUT2D eigenvalue weighted by molar-refractivity contribution is 6.14. The molecule has 3 heterocycles. The number of rotatable bonds is 2. The van der Waals surface area contributed by atoms with Crippen molar-refractivity contribution < 1.29 is 9.31 Å². The van der Waals surface area contributed by atoms with E-state index in [1.54, 1.807) is 23.0 Å². The molecule has 2 aromatic heterocycles. The van der Waals surface area contributed by atoms with Crippen molar-refractivity contribution in [3.8, 4) is 0 Å². The normalized spacial score (nSPS) is 19.7. The van der Waals surface area contributed by atoms with Gasteiger partial charge >= 0.3 is 5.65 Å². The van der Waals surface area contributed by atoms with Crippen LogP contribution < -0.4 is 9.52 Å². The van der Waals surface area contributed by atoms with Gasteiger partial charge in [0.2, 0.25) is 6.33 Å². The monoisotopic (exact) mass is 245 g/mol. The Labute approximate surface area is 103 Å². The quantitative estimate of drug-likeness (QED) is 0.772. The van der Waals surface area contributed by atoms with Crippen LogP contribution in [0.4, 0.5) is 5.82 Å². The first-order valence-electron chi connectivity index (χ1n) is 5.82. The summed E-state index contributed by atoms with van der Waals surface area (Å²) in [5, 5.41) is 16.6. The van der Waals surface area contributed by atoms with Gasteiger partial charge in [-0.15, -0.1) is 9.61 Å². The number of fused-ring (bicyclic) bond motifs is 1. The molecule has 0 aromatic carbocycles. The fraction of sp³-hybridized carbons (Fsp3) is 0.364. The molecule has 1 N–H and O–H groups in total. The number of carbonyl (C=O) groups is 1. The van der Waals surface area contributed by atoms with E-state index in [0.717, 1.165) is 12.1 Å². The second-order valence-corrected chi connectivity index (χ2v) is 4.22. The van der Waals surface area contributed by atoms with E-state index < -0.39 is 0 Å². The van der Waals surface area contributed by atoms with E-state index in [2.05, 4.69) is 20.4 Å². The second-order valence-electron chi connectivity index (χ2n) is 4.22. The van der Waals surface area contributed by atoms with Gasteiger partial charge in [0, 0.05) is 16.9 Å². The van der Waals surface area contributed by atoms with Crippen molar-refractivity contribution in [2.75, 3.05) is 5.01 Å². The lowest BCUT2D eigenvalue weighted by Gasteiger charge is -2.10. The van der Waals surface area contributed by atoms with Crippen molar-refractivity contribution in [3.05, 3.63) is 18.5 Å². The number of carbonyl (C=O) groups excluding carboxylic acids is 1. The molecular formula is C11H13N6O+. The van der Waals surface area contributed by atoms with E-state index in [1.165, 1.54) is 5.01 Å². The van der Waals surface area contributed by atoms with Gasteiger partial charge in [-0.1, -0.05) is 12.0 Å². The first-order chi connectivity index (χ1) is 8.70. The van der Waals surface area contributed by atoms with Crippen LogP contribution in [0.3, 0.4) is 0 Å². The summed E-state index contributed by atoms with van der Waals surface area (Å²) in [5.74, 6) is 0.358. The maximum atomic E-state index is 12.2. The smallest absolute Gasteiger partial charge is 0.272 e. The Morgan fingerprint density at radius 1 is 1.50 bits per heavy atom. The van der Waals surface area contributed by atoms with Gasteiger partial charge in [-0.3, -0.25) is 4.79 Å². The SMILES string of the molecule is CCC1C(=O)N(c2ccc3n[nH]c[n+]3n2)N=C1C. The fourth-order valence-corrected chi connectivity index (χ4v) is 2.10. The Balaban J connectivity index is 2.02. The number of hydrogen-bond acceptors (Lipinski definition) is 4. The number of H-pyrrole nitrogens is 1. The third-order valence-corrected chi connectivity index (χ3v) is 3.08. The van der Waals surface area contributed by atoms with Crippen LogP contribution in [-0.4, -0.2) is 26.9 Å². The van der Waals surface area contributed by atoms with Crippen LogP contribution in [0.2, 0.25) is 0 Å². The third kappa shape index (κ3) is 1.47. The molecule has 0 saturated heterocycles. The van der Waals surface area contributed by atoms with Crippen molar-refractivity contribution in [3.63, 3.8) is 0 Å².